The van der Waals surface area contributed by atoms with E-state index in [2.05, 4.69) is 10.1 Å². The second-order valence-corrected chi connectivity index (χ2v) is 3.65. The van der Waals surface area contributed by atoms with Gasteiger partial charge in [-0.2, -0.15) is 0 Å². The van der Waals surface area contributed by atoms with Crippen LogP contribution in [0.4, 0.5) is 0 Å². The van der Waals surface area contributed by atoms with Gasteiger partial charge in [0.25, 0.3) is 5.56 Å². The molecule has 2 N–H and O–H groups in total. The van der Waals surface area contributed by atoms with Crippen LogP contribution in [0.5, 0.6) is 0 Å². The maximum absolute atomic E-state index is 11.5. The molecule has 0 amide bonds. The van der Waals surface area contributed by atoms with E-state index in [1.165, 1.54) is 16.8 Å². The smallest absolute Gasteiger partial charge is 0.328 e. The first kappa shape index (κ1) is 11.8. The predicted octanol–water partition coefficient (Wildman–Crippen LogP) is 0.415. The Kier molecular flexibility index (Phi) is 3.38. The Balaban J connectivity index is 2.33. The SMILES string of the molecule is O=c1ccn(C/C(=N/O)c2ccccc2)c(=O)[nH]1. The van der Waals surface area contributed by atoms with Gasteiger partial charge in [-0.15, -0.1) is 0 Å². The van der Waals surface area contributed by atoms with Crippen LogP contribution in [0.2, 0.25) is 0 Å². The number of H-pyrrole nitrogens is 1. The molecule has 0 spiro atoms. The number of aromatic amines is 1. The minimum absolute atomic E-state index is 0.0795. The number of benzene rings is 1. The van der Waals surface area contributed by atoms with Gasteiger partial charge in [0.15, 0.2) is 0 Å². The molecule has 0 bridgehead atoms. The maximum atomic E-state index is 11.5. The average molecular weight is 245 g/mol. The Morgan fingerprint density at radius 1 is 1.22 bits per heavy atom. The molecule has 1 heterocycles. The highest BCUT2D eigenvalue weighted by atomic mass is 16.4. The van der Waals surface area contributed by atoms with E-state index in [4.69, 9.17) is 5.21 Å². The summed E-state index contributed by atoms with van der Waals surface area (Å²) < 4.78 is 1.25. The highest BCUT2D eigenvalue weighted by molar-refractivity contribution is 5.99. The fourth-order valence-electron chi connectivity index (χ4n) is 1.54. The predicted molar refractivity (Wildman–Crippen MR) is 66.1 cm³/mol. The number of nitrogens with zero attached hydrogens (tertiary/aromatic N) is 2. The Morgan fingerprint density at radius 3 is 2.56 bits per heavy atom. The van der Waals surface area contributed by atoms with Crippen molar-refractivity contribution in [1.82, 2.24) is 9.55 Å². The lowest BCUT2D eigenvalue weighted by Gasteiger charge is -2.06. The van der Waals surface area contributed by atoms with E-state index in [0.29, 0.717) is 11.3 Å². The molecule has 92 valence electrons. The minimum atomic E-state index is -0.542. The van der Waals surface area contributed by atoms with Gasteiger partial charge in [0.1, 0.15) is 5.71 Å². The summed E-state index contributed by atoms with van der Waals surface area (Å²) in [7, 11) is 0. The van der Waals surface area contributed by atoms with Gasteiger partial charge in [-0.3, -0.25) is 14.3 Å². The lowest BCUT2D eigenvalue weighted by atomic mass is 10.1. The van der Waals surface area contributed by atoms with Crippen LogP contribution < -0.4 is 11.2 Å². The minimum Gasteiger partial charge on any atom is -0.411 e. The van der Waals surface area contributed by atoms with Gasteiger partial charge in [-0.1, -0.05) is 35.5 Å². The number of hydrogen-bond acceptors (Lipinski definition) is 4. The van der Waals surface area contributed by atoms with E-state index in [1.807, 2.05) is 6.07 Å². The zero-order chi connectivity index (χ0) is 13.0. The van der Waals surface area contributed by atoms with Gasteiger partial charge in [-0.05, 0) is 0 Å². The molecule has 2 aromatic rings. The highest BCUT2D eigenvalue weighted by Gasteiger charge is 2.06. The van der Waals surface area contributed by atoms with Crippen LogP contribution in [0.25, 0.3) is 0 Å². The summed E-state index contributed by atoms with van der Waals surface area (Å²) in [4.78, 5) is 24.5. The summed E-state index contributed by atoms with van der Waals surface area (Å²) in [6, 6.07) is 10.2. The first-order chi connectivity index (χ1) is 8.70. The van der Waals surface area contributed by atoms with E-state index in [-0.39, 0.29) is 6.54 Å². The molecule has 0 atom stereocenters. The zero-order valence-corrected chi connectivity index (χ0v) is 9.41. The number of aromatic nitrogens is 2. The molecule has 0 unspecified atom stereocenters. The van der Waals surface area contributed by atoms with Gasteiger partial charge < -0.3 is 5.21 Å². The molecule has 6 heteroatoms. The number of nitrogens with one attached hydrogen (secondary N) is 1. The van der Waals surface area contributed by atoms with Crippen LogP contribution in [-0.4, -0.2) is 20.5 Å². The topological polar surface area (TPSA) is 87.4 Å². The van der Waals surface area contributed by atoms with Gasteiger partial charge in [0.05, 0.1) is 6.54 Å². The van der Waals surface area contributed by atoms with E-state index in [0.717, 1.165) is 0 Å². The summed E-state index contributed by atoms with van der Waals surface area (Å²) in [6.45, 7) is 0.0795. The van der Waals surface area contributed by atoms with Gasteiger partial charge >= 0.3 is 5.69 Å². The van der Waals surface area contributed by atoms with Gasteiger partial charge in [-0.25, -0.2) is 4.79 Å². The maximum Gasteiger partial charge on any atom is 0.328 e. The molecule has 0 fully saturated rings. The molecule has 1 aromatic heterocycles. The molecular formula is C12H11N3O3. The molecule has 2 rings (SSSR count). The Hall–Kier alpha value is -2.63. The summed E-state index contributed by atoms with van der Waals surface area (Å²) in [5.74, 6) is 0. The van der Waals surface area contributed by atoms with Crippen LogP contribution in [0.1, 0.15) is 5.56 Å². The van der Waals surface area contributed by atoms with Crippen LogP contribution in [-0.2, 0) is 6.54 Å². The van der Waals surface area contributed by atoms with E-state index in [1.54, 1.807) is 24.3 Å². The zero-order valence-electron chi connectivity index (χ0n) is 9.41. The fourth-order valence-corrected chi connectivity index (χ4v) is 1.54. The molecular weight excluding hydrogens is 234 g/mol. The first-order valence-corrected chi connectivity index (χ1v) is 5.27. The number of rotatable bonds is 3. The van der Waals surface area contributed by atoms with Crippen LogP contribution in [0.3, 0.4) is 0 Å². The Bertz CT molecular complexity index is 671. The van der Waals surface area contributed by atoms with Gasteiger partial charge in [0.2, 0.25) is 0 Å². The molecule has 0 saturated heterocycles. The Labute approximate surface area is 102 Å². The molecule has 0 saturated carbocycles. The summed E-state index contributed by atoms with van der Waals surface area (Å²) in [5, 5.41) is 12.2. The number of oxime groups is 1. The highest BCUT2D eigenvalue weighted by Crippen LogP contribution is 2.02. The van der Waals surface area contributed by atoms with Crippen molar-refractivity contribution in [1.29, 1.82) is 0 Å². The molecule has 0 aliphatic carbocycles. The molecule has 0 radical (unpaired) electrons. The van der Waals surface area contributed by atoms with Crippen LogP contribution >= 0.6 is 0 Å². The second kappa shape index (κ2) is 5.13. The van der Waals surface area contributed by atoms with E-state index < -0.39 is 11.2 Å². The molecule has 0 aliphatic heterocycles. The average Bonchev–Trinajstić information content (AvgIpc) is 2.39. The third kappa shape index (κ3) is 2.54. The van der Waals surface area contributed by atoms with Crippen molar-refractivity contribution in [3.05, 3.63) is 69.0 Å². The van der Waals surface area contributed by atoms with Crippen LogP contribution in [0.15, 0.2) is 57.3 Å². The normalized spacial score (nSPS) is 11.4. The van der Waals surface area contributed by atoms with Crippen molar-refractivity contribution < 1.29 is 5.21 Å². The summed E-state index contributed by atoms with van der Waals surface area (Å²) >= 11 is 0. The van der Waals surface area contributed by atoms with Crippen molar-refractivity contribution in [2.24, 2.45) is 5.16 Å². The largest absolute Gasteiger partial charge is 0.411 e. The van der Waals surface area contributed by atoms with Crippen molar-refractivity contribution in [2.45, 2.75) is 6.54 Å². The molecule has 6 nitrogen and oxygen atoms in total. The third-order valence-electron chi connectivity index (χ3n) is 2.44. The van der Waals surface area contributed by atoms with Crippen molar-refractivity contribution in [2.75, 3.05) is 0 Å². The lowest BCUT2D eigenvalue weighted by molar-refractivity contribution is 0.317. The molecule has 0 aliphatic rings. The van der Waals surface area contributed by atoms with E-state index >= 15 is 0 Å². The quantitative estimate of drug-likeness (QED) is 0.466. The third-order valence-corrected chi connectivity index (χ3v) is 2.44. The summed E-state index contributed by atoms with van der Waals surface area (Å²) in [5.41, 5.74) is 0.0425. The standard InChI is InChI=1S/C12H11N3O3/c16-11-6-7-15(12(17)13-11)8-10(14-18)9-4-2-1-3-5-9/h1-7,18H,8H2,(H,13,16,17)/b14-10-. The molecule has 1 aromatic carbocycles. The van der Waals surface area contributed by atoms with Crippen LogP contribution in [0, 0.1) is 0 Å². The van der Waals surface area contributed by atoms with Crippen molar-refractivity contribution in [3.8, 4) is 0 Å². The van der Waals surface area contributed by atoms with E-state index in [9.17, 15) is 9.59 Å². The molecule has 18 heavy (non-hydrogen) atoms. The van der Waals surface area contributed by atoms with Gasteiger partial charge in [0, 0.05) is 17.8 Å². The van der Waals surface area contributed by atoms with Crippen molar-refractivity contribution >= 4 is 5.71 Å². The lowest BCUT2D eigenvalue weighted by Crippen LogP contribution is -2.31. The first-order valence-electron chi connectivity index (χ1n) is 5.27. The fraction of sp³-hybridized carbons (Fsp3) is 0.0833. The number of hydrogen-bond donors (Lipinski definition) is 2. The summed E-state index contributed by atoms with van der Waals surface area (Å²) in [6.07, 6.45) is 1.36. The van der Waals surface area contributed by atoms with Crippen molar-refractivity contribution in [3.63, 3.8) is 0 Å². The monoisotopic (exact) mass is 245 g/mol. The Morgan fingerprint density at radius 2 is 1.94 bits per heavy atom. The second-order valence-electron chi connectivity index (χ2n) is 3.65.